The van der Waals surface area contributed by atoms with Crippen LogP contribution < -0.4 is 14.4 Å². The third-order valence-electron chi connectivity index (χ3n) is 5.40. The summed E-state index contributed by atoms with van der Waals surface area (Å²) in [6, 6.07) is 9.75. The zero-order valence-corrected chi connectivity index (χ0v) is 15.7. The van der Waals surface area contributed by atoms with Crippen LogP contribution in [0, 0.1) is 0 Å². The lowest BCUT2D eigenvalue weighted by Gasteiger charge is -2.36. The van der Waals surface area contributed by atoms with E-state index in [1.54, 1.807) is 13.4 Å². The molecule has 0 radical (unpaired) electrons. The van der Waals surface area contributed by atoms with E-state index < -0.39 is 0 Å². The summed E-state index contributed by atoms with van der Waals surface area (Å²) in [7, 11) is 1.67. The van der Waals surface area contributed by atoms with Crippen LogP contribution in [0.1, 0.15) is 25.0 Å². The van der Waals surface area contributed by atoms with Gasteiger partial charge in [0.15, 0.2) is 11.5 Å². The number of ether oxygens (including phenoxy) is 2. The van der Waals surface area contributed by atoms with Crippen molar-refractivity contribution in [2.24, 2.45) is 0 Å². The molecule has 1 aliphatic heterocycles. The summed E-state index contributed by atoms with van der Waals surface area (Å²) in [6.45, 7) is 3.03. The highest BCUT2D eigenvalue weighted by Crippen LogP contribution is 2.35. The van der Waals surface area contributed by atoms with Crippen molar-refractivity contribution in [3.63, 3.8) is 0 Å². The first-order chi connectivity index (χ1) is 13.2. The van der Waals surface area contributed by atoms with Crippen LogP contribution in [0.4, 0.5) is 5.69 Å². The third kappa shape index (κ3) is 4.04. The predicted octanol–water partition coefficient (Wildman–Crippen LogP) is 3.11. The lowest BCUT2D eigenvalue weighted by Crippen LogP contribution is -2.49. The Morgan fingerprint density at radius 2 is 1.96 bits per heavy atom. The number of furan rings is 1. The Bertz CT molecular complexity index is 762. The fourth-order valence-corrected chi connectivity index (χ4v) is 3.51. The smallest absolute Gasteiger partial charge is 0.230 e. The number of piperazine rings is 1. The van der Waals surface area contributed by atoms with Crippen LogP contribution in [-0.2, 0) is 11.2 Å². The van der Waals surface area contributed by atoms with Crippen molar-refractivity contribution in [1.29, 1.82) is 0 Å². The second-order valence-corrected chi connectivity index (χ2v) is 7.13. The van der Waals surface area contributed by atoms with Gasteiger partial charge in [-0.05, 0) is 43.5 Å². The van der Waals surface area contributed by atoms with Crippen LogP contribution in [0.2, 0.25) is 0 Å². The molecule has 2 fully saturated rings. The standard InChI is InChI=1S/C21H26N2O4/c1-25-19-8-7-16(14-20(19)27-17-4-2-5-17)22-9-11-23(12-10-22)21(24)15-18-6-3-13-26-18/h3,6-8,13-14,17H,2,4-5,9-12,15H2,1H3. The quantitative estimate of drug-likeness (QED) is 0.782. The van der Waals surface area contributed by atoms with Gasteiger partial charge in [0.2, 0.25) is 5.91 Å². The molecule has 0 atom stereocenters. The second-order valence-electron chi connectivity index (χ2n) is 7.13. The highest BCUT2D eigenvalue weighted by atomic mass is 16.5. The zero-order valence-electron chi connectivity index (χ0n) is 15.7. The van der Waals surface area contributed by atoms with E-state index >= 15 is 0 Å². The fourth-order valence-electron chi connectivity index (χ4n) is 3.51. The first-order valence-corrected chi connectivity index (χ1v) is 9.63. The topological polar surface area (TPSA) is 55.2 Å². The van der Waals surface area contributed by atoms with E-state index in [4.69, 9.17) is 13.9 Å². The second kappa shape index (κ2) is 7.94. The molecule has 0 bridgehead atoms. The largest absolute Gasteiger partial charge is 0.493 e. The van der Waals surface area contributed by atoms with Crippen molar-refractivity contribution in [1.82, 2.24) is 4.90 Å². The van der Waals surface area contributed by atoms with Gasteiger partial charge in [0.25, 0.3) is 0 Å². The predicted molar refractivity (Wildman–Crippen MR) is 102 cm³/mol. The first kappa shape index (κ1) is 17.8. The zero-order chi connectivity index (χ0) is 18.6. The van der Waals surface area contributed by atoms with Gasteiger partial charge in [-0.3, -0.25) is 4.79 Å². The maximum atomic E-state index is 12.4. The lowest BCUT2D eigenvalue weighted by atomic mass is 9.96. The van der Waals surface area contributed by atoms with Gasteiger partial charge in [-0.25, -0.2) is 0 Å². The normalized spacial score (nSPS) is 17.5. The summed E-state index contributed by atoms with van der Waals surface area (Å²) in [5.74, 6) is 2.43. The highest BCUT2D eigenvalue weighted by molar-refractivity contribution is 5.78. The average molecular weight is 370 g/mol. The van der Waals surface area contributed by atoms with Crippen molar-refractivity contribution in [3.05, 3.63) is 42.4 Å². The van der Waals surface area contributed by atoms with E-state index in [0.29, 0.717) is 25.6 Å². The summed E-state index contributed by atoms with van der Waals surface area (Å²) < 4.78 is 16.8. The number of carbonyl (C=O) groups is 1. The molecule has 1 saturated heterocycles. The highest BCUT2D eigenvalue weighted by Gasteiger charge is 2.24. The Morgan fingerprint density at radius 1 is 1.15 bits per heavy atom. The van der Waals surface area contributed by atoms with Gasteiger partial charge in [0.05, 0.1) is 25.9 Å². The fraction of sp³-hybridized carbons (Fsp3) is 0.476. The van der Waals surface area contributed by atoms with Crippen molar-refractivity contribution in [2.75, 3.05) is 38.2 Å². The maximum Gasteiger partial charge on any atom is 0.230 e. The van der Waals surface area contributed by atoms with E-state index in [2.05, 4.69) is 17.0 Å². The lowest BCUT2D eigenvalue weighted by molar-refractivity contribution is -0.131. The molecular weight excluding hydrogens is 344 g/mol. The number of carbonyl (C=O) groups excluding carboxylic acids is 1. The minimum absolute atomic E-state index is 0.119. The Hall–Kier alpha value is -2.63. The van der Waals surface area contributed by atoms with E-state index in [1.807, 2.05) is 23.1 Å². The van der Waals surface area contributed by atoms with Gasteiger partial charge in [-0.2, -0.15) is 0 Å². The number of hydrogen-bond acceptors (Lipinski definition) is 5. The van der Waals surface area contributed by atoms with E-state index in [-0.39, 0.29) is 5.91 Å². The molecule has 2 aliphatic rings. The molecule has 4 rings (SSSR count). The molecule has 1 amide bonds. The Kier molecular flexibility index (Phi) is 5.23. The number of benzene rings is 1. The first-order valence-electron chi connectivity index (χ1n) is 9.63. The summed E-state index contributed by atoms with van der Waals surface area (Å²) in [4.78, 5) is 16.6. The SMILES string of the molecule is COc1ccc(N2CCN(C(=O)Cc3ccco3)CC2)cc1OC1CCC1. The maximum absolute atomic E-state index is 12.4. The van der Waals surface area contributed by atoms with Crippen molar-refractivity contribution in [3.8, 4) is 11.5 Å². The number of rotatable bonds is 6. The van der Waals surface area contributed by atoms with Crippen molar-refractivity contribution < 1.29 is 18.7 Å². The van der Waals surface area contributed by atoms with Crippen LogP contribution in [-0.4, -0.2) is 50.2 Å². The van der Waals surface area contributed by atoms with Crippen LogP contribution in [0.5, 0.6) is 11.5 Å². The molecule has 6 heteroatoms. The number of hydrogen-bond donors (Lipinski definition) is 0. The summed E-state index contributed by atoms with van der Waals surface area (Å²) >= 11 is 0. The van der Waals surface area contributed by atoms with Crippen LogP contribution in [0.25, 0.3) is 0 Å². The van der Waals surface area contributed by atoms with Gasteiger partial charge in [0.1, 0.15) is 5.76 Å². The van der Waals surface area contributed by atoms with Crippen molar-refractivity contribution >= 4 is 11.6 Å². The molecule has 1 aromatic heterocycles. The number of amides is 1. The van der Waals surface area contributed by atoms with E-state index in [1.165, 1.54) is 6.42 Å². The molecule has 6 nitrogen and oxygen atoms in total. The Morgan fingerprint density at radius 3 is 2.59 bits per heavy atom. The molecule has 144 valence electrons. The molecule has 2 aromatic rings. The molecular formula is C21H26N2O4. The number of methoxy groups -OCH3 is 1. The summed E-state index contributed by atoms with van der Waals surface area (Å²) in [6.07, 6.45) is 5.71. The van der Waals surface area contributed by atoms with Gasteiger partial charge < -0.3 is 23.7 Å². The van der Waals surface area contributed by atoms with Gasteiger partial charge in [0, 0.05) is 37.9 Å². The van der Waals surface area contributed by atoms with Crippen LogP contribution >= 0.6 is 0 Å². The monoisotopic (exact) mass is 370 g/mol. The molecule has 1 aromatic carbocycles. The molecule has 27 heavy (non-hydrogen) atoms. The summed E-state index contributed by atoms with van der Waals surface area (Å²) in [5.41, 5.74) is 1.11. The number of nitrogens with zero attached hydrogens (tertiary/aromatic N) is 2. The third-order valence-corrected chi connectivity index (χ3v) is 5.40. The van der Waals surface area contributed by atoms with Gasteiger partial charge in [-0.15, -0.1) is 0 Å². The van der Waals surface area contributed by atoms with Gasteiger partial charge >= 0.3 is 0 Å². The minimum atomic E-state index is 0.119. The molecule has 0 unspecified atom stereocenters. The number of anilines is 1. The van der Waals surface area contributed by atoms with E-state index in [9.17, 15) is 4.79 Å². The van der Waals surface area contributed by atoms with E-state index in [0.717, 1.165) is 48.9 Å². The minimum Gasteiger partial charge on any atom is -0.493 e. The van der Waals surface area contributed by atoms with Crippen LogP contribution in [0.3, 0.4) is 0 Å². The molecule has 1 saturated carbocycles. The van der Waals surface area contributed by atoms with Gasteiger partial charge in [-0.1, -0.05) is 0 Å². The molecule has 2 heterocycles. The molecule has 1 aliphatic carbocycles. The Labute approximate surface area is 159 Å². The summed E-state index contributed by atoms with van der Waals surface area (Å²) in [5, 5.41) is 0. The Balaban J connectivity index is 1.37. The molecule has 0 spiro atoms. The van der Waals surface area contributed by atoms with Crippen molar-refractivity contribution in [2.45, 2.75) is 31.8 Å². The van der Waals surface area contributed by atoms with Crippen LogP contribution in [0.15, 0.2) is 41.0 Å². The molecule has 0 N–H and O–H groups in total. The average Bonchev–Trinajstić information content (AvgIpc) is 3.17.